The largest absolute Gasteiger partial charge is 0.374 e. The van der Waals surface area contributed by atoms with Crippen LogP contribution in [-0.2, 0) is 6.42 Å². The second-order valence-corrected chi connectivity index (χ2v) is 4.54. The molecule has 0 radical (unpaired) electrons. The maximum absolute atomic E-state index is 11.3. The van der Waals surface area contributed by atoms with Crippen LogP contribution in [0.2, 0.25) is 0 Å². The number of rotatable bonds is 1. The zero-order chi connectivity index (χ0) is 10.3. The molecule has 0 N–H and O–H groups in total. The van der Waals surface area contributed by atoms with Gasteiger partial charge in [-0.15, -0.1) is 0 Å². The van der Waals surface area contributed by atoms with Gasteiger partial charge in [0.05, 0.1) is 0 Å². The number of anilines is 1. The number of fused-ring (bicyclic) bond motifs is 1. The third kappa shape index (κ3) is 1.46. The smallest absolute Gasteiger partial charge is 0.160 e. The SMILES string of the molecule is CC(=O)c1cc2c(cc1Br)N(C)CC2. The normalized spacial score (nSPS) is 14.4. The molecule has 14 heavy (non-hydrogen) atoms. The number of likely N-dealkylation sites (N-methyl/N-ethyl adjacent to an activating group) is 1. The Hall–Kier alpha value is -0.830. The van der Waals surface area contributed by atoms with Gasteiger partial charge in [0, 0.05) is 29.3 Å². The summed E-state index contributed by atoms with van der Waals surface area (Å²) < 4.78 is 0.900. The molecule has 2 rings (SSSR count). The van der Waals surface area contributed by atoms with Crippen molar-refractivity contribution in [3.63, 3.8) is 0 Å². The maximum Gasteiger partial charge on any atom is 0.160 e. The first-order valence-corrected chi connectivity index (χ1v) is 5.43. The van der Waals surface area contributed by atoms with E-state index < -0.39 is 0 Å². The minimum atomic E-state index is 0.120. The van der Waals surface area contributed by atoms with Gasteiger partial charge in [0.1, 0.15) is 0 Å². The van der Waals surface area contributed by atoms with Crippen LogP contribution in [0.25, 0.3) is 0 Å². The van der Waals surface area contributed by atoms with Crippen LogP contribution in [0.1, 0.15) is 22.8 Å². The van der Waals surface area contributed by atoms with E-state index in [0.29, 0.717) is 0 Å². The molecule has 3 heteroatoms. The standard InChI is InChI=1S/C11H12BrNO/c1-7(14)9-5-8-3-4-13(2)11(8)6-10(9)12/h5-6H,3-4H2,1-2H3. The number of hydrogen-bond acceptors (Lipinski definition) is 2. The molecule has 0 unspecified atom stereocenters. The van der Waals surface area contributed by atoms with E-state index in [4.69, 9.17) is 0 Å². The van der Waals surface area contributed by atoms with E-state index in [0.717, 1.165) is 23.0 Å². The van der Waals surface area contributed by atoms with E-state index >= 15 is 0 Å². The predicted molar refractivity (Wildman–Crippen MR) is 61.1 cm³/mol. The fourth-order valence-corrected chi connectivity index (χ4v) is 2.45. The fourth-order valence-electron chi connectivity index (χ4n) is 1.84. The number of carbonyl (C=O) groups is 1. The Labute approximate surface area is 92.0 Å². The Bertz CT molecular complexity index is 401. The fraction of sp³-hybridized carbons (Fsp3) is 0.364. The van der Waals surface area contributed by atoms with E-state index in [-0.39, 0.29) is 5.78 Å². The van der Waals surface area contributed by atoms with Crippen LogP contribution < -0.4 is 4.90 Å². The molecule has 1 aromatic carbocycles. The van der Waals surface area contributed by atoms with Crippen molar-refractivity contribution < 1.29 is 4.79 Å². The molecule has 0 spiro atoms. The Morgan fingerprint density at radius 3 is 2.86 bits per heavy atom. The average molecular weight is 254 g/mol. The number of carbonyl (C=O) groups excluding carboxylic acids is 1. The molecule has 0 aromatic heterocycles. The van der Waals surface area contributed by atoms with Gasteiger partial charge in [-0.05, 0) is 47.0 Å². The lowest BCUT2D eigenvalue weighted by molar-refractivity contribution is 0.101. The summed E-state index contributed by atoms with van der Waals surface area (Å²) in [6.45, 7) is 2.65. The van der Waals surface area contributed by atoms with Gasteiger partial charge < -0.3 is 4.90 Å². The van der Waals surface area contributed by atoms with Gasteiger partial charge in [-0.2, -0.15) is 0 Å². The number of ketones is 1. The van der Waals surface area contributed by atoms with Crippen LogP contribution >= 0.6 is 15.9 Å². The van der Waals surface area contributed by atoms with Crippen molar-refractivity contribution in [3.05, 3.63) is 27.7 Å². The van der Waals surface area contributed by atoms with Crippen molar-refractivity contribution in [2.75, 3.05) is 18.5 Å². The molecule has 1 aromatic rings. The molecule has 1 aliphatic rings. The van der Waals surface area contributed by atoms with Crippen molar-refractivity contribution in [3.8, 4) is 0 Å². The second kappa shape index (κ2) is 3.39. The average Bonchev–Trinajstić information content (AvgIpc) is 2.46. The lowest BCUT2D eigenvalue weighted by Crippen LogP contribution is -2.12. The zero-order valence-electron chi connectivity index (χ0n) is 8.30. The Balaban J connectivity index is 2.55. The molecule has 1 heterocycles. The van der Waals surface area contributed by atoms with E-state index in [2.05, 4.69) is 27.9 Å². The molecular formula is C11H12BrNO. The van der Waals surface area contributed by atoms with E-state index in [1.54, 1.807) is 6.92 Å². The highest BCUT2D eigenvalue weighted by Crippen LogP contribution is 2.32. The highest BCUT2D eigenvalue weighted by Gasteiger charge is 2.18. The molecular weight excluding hydrogens is 242 g/mol. The molecule has 0 saturated carbocycles. The van der Waals surface area contributed by atoms with E-state index in [9.17, 15) is 4.79 Å². The van der Waals surface area contributed by atoms with Crippen molar-refractivity contribution >= 4 is 27.4 Å². The summed E-state index contributed by atoms with van der Waals surface area (Å²) in [7, 11) is 2.08. The topological polar surface area (TPSA) is 20.3 Å². The number of Topliss-reactive ketones (excluding diaryl/α,β-unsaturated/α-hetero) is 1. The van der Waals surface area contributed by atoms with Gasteiger partial charge in [-0.3, -0.25) is 4.79 Å². The first-order valence-electron chi connectivity index (χ1n) is 4.64. The first kappa shape index (κ1) is 9.71. The molecule has 0 atom stereocenters. The molecule has 74 valence electrons. The highest BCUT2D eigenvalue weighted by atomic mass is 79.9. The van der Waals surface area contributed by atoms with Gasteiger partial charge in [0.15, 0.2) is 5.78 Å². The molecule has 0 bridgehead atoms. The van der Waals surface area contributed by atoms with Crippen molar-refractivity contribution in [2.45, 2.75) is 13.3 Å². The number of hydrogen-bond donors (Lipinski definition) is 0. The first-order chi connectivity index (χ1) is 6.59. The number of halogens is 1. The monoisotopic (exact) mass is 253 g/mol. The number of benzene rings is 1. The van der Waals surface area contributed by atoms with Crippen LogP contribution in [0.3, 0.4) is 0 Å². The Morgan fingerprint density at radius 2 is 2.21 bits per heavy atom. The van der Waals surface area contributed by atoms with Crippen molar-refractivity contribution in [1.29, 1.82) is 0 Å². The van der Waals surface area contributed by atoms with Crippen LogP contribution in [-0.4, -0.2) is 19.4 Å². The van der Waals surface area contributed by atoms with Crippen LogP contribution in [0.5, 0.6) is 0 Å². The minimum absolute atomic E-state index is 0.120. The molecule has 2 nitrogen and oxygen atoms in total. The summed E-state index contributed by atoms with van der Waals surface area (Å²) in [6.07, 6.45) is 1.04. The summed E-state index contributed by atoms with van der Waals surface area (Å²) in [5.74, 6) is 0.120. The van der Waals surface area contributed by atoms with Gasteiger partial charge in [-0.1, -0.05) is 0 Å². The molecule has 0 aliphatic carbocycles. The summed E-state index contributed by atoms with van der Waals surface area (Å²) in [5, 5.41) is 0. The van der Waals surface area contributed by atoms with Gasteiger partial charge >= 0.3 is 0 Å². The maximum atomic E-state index is 11.3. The van der Waals surface area contributed by atoms with Crippen LogP contribution in [0.15, 0.2) is 16.6 Å². The summed E-state index contributed by atoms with van der Waals surface area (Å²) >= 11 is 3.43. The highest BCUT2D eigenvalue weighted by molar-refractivity contribution is 9.10. The lowest BCUT2D eigenvalue weighted by atomic mass is 10.1. The second-order valence-electron chi connectivity index (χ2n) is 3.69. The molecule has 1 aliphatic heterocycles. The molecule has 0 amide bonds. The minimum Gasteiger partial charge on any atom is -0.374 e. The van der Waals surface area contributed by atoms with Gasteiger partial charge in [-0.25, -0.2) is 0 Å². The summed E-state index contributed by atoms with van der Waals surface area (Å²) in [4.78, 5) is 13.5. The third-order valence-corrected chi connectivity index (χ3v) is 3.33. The van der Waals surface area contributed by atoms with Crippen molar-refractivity contribution in [2.24, 2.45) is 0 Å². The van der Waals surface area contributed by atoms with Gasteiger partial charge in [0.2, 0.25) is 0 Å². The third-order valence-electron chi connectivity index (χ3n) is 2.68. The Morgan fingerprint density at radius 1 is 1.50 bits per heavy atom. The van der Waals surface area contributed by atoms with Gasteiger partial charge in [0.25, 0.3) is 0 Å². The zero-order valence-corrected chi connectivity index (χ0v) is 9.89. The van der Waals surface area contributed by atoms with E-state index in [1.165, 1.54) is 11.3 Å². The lowest BCUT2D eigenvalue weighted by Gasteiger charge is -2.12. The van der Waals surface area contributed by atoms with E-state index in [1.807, 2.05) is 12.1 Å². The quantitative estimate of drug-likeness (QED) is 0.718. The predicted octanol–water partition coefficient (Wildman–Crippen LogP) is 2.64. The van der Waals surface area contributed by atoms with Crippen LogP contribution in [0.4, 0.5) is 5.69 Å². The summed E-state index contributed by atoms with van der Waals surface area (Å²) in [6, 6.07) is 4.05. The Kier molecular flexibility index (Phi) is 2.35. The molecule has 0 fully saturated rings. The van der Waals surface area contributed by atoms with Crippen LogP contribution in [0, 0.1) is 0 Å². The molecule has 0 saturated heterocycles. The number of nitrogens with zero attached hydrogens (tertiary/aromatic N) is 1. The summed E-state index contributed by atoms with van der Waals surface area (Å²) in [5.41, 5.74) is 3.31. The van der Waals surface area contributed by atoms with Crippen molar-refractivity contribution in [1.82, 2.24) is 0 Å².